The average molecular weight is 121 g/mol. The minimum atomic E-state index is -0.0833. The molecule has 0 aromatic carbocycles. The summed E-state index contributed by atoms with van der Waals surface area (Å²) in [4.78, 5) is 9.33. The van der Waals surface area contributed by atoms with Gasteiger partial charge < -0.3 is 11.7 Å². The van der Waals surface area contributed by atoms with E-state index in [1.54, 1.807) is 0 Å². The second kappa shape index (κ2) is 4.06. The quantitative estimate of drug-likeness (QED) is 0.334. The van der Waals surface area contributed by atoms with E-state index >= 15 is 0 Å². The second-order valence-corrected chi connectivity index (χ2v) is 0.702. The molecule has 0 bridgehead atoms. The van der Waals surface area contributed by atoms with E-state index in [0.29, 0.717) is 0 Å². The topological polar surface area (TPSA) is 17.1 Å². The summed E-state index contributed by atoms with van der Waals surface area (Å²) in [5.74, 6) is -0.0833. The van der Waals surface area contributed by atoms with Crippen LogP contribution < -0.4 is 0 Å². The molecule has 0 aliphatic rings. The summed E-state index contributed by atoms with van der Waals surface area (Å²) >= 11 is 0. The number of carbonyl (C=O) groups excluding carboxylic acids is 1. The van der Waals surface area contributed by atoms with Crippen LogP contribution in [0, 0.1) is 6.92 Å². The van der Waals surface area contributed by atoms with Crippen molar-refractivity contribution >= 4 is 5.78 Å². The molecule has 0 unspecified atom stereocenters. The van der Waals surface area contributed by atoms with Crippen LogP contribution in [0.3, 0.4) is 0 Å². The molecule has 34 valence electrons. The Balaban J connectivity index is 0. The van der Waals surface area contributed by atoms with Crippen molar-refractivity contribution in [3.8, 4) is 0 Å². The summed E-state index contributed by atoms with van der Waals surface area (Å²) in [6, 6.07) is 0. The molecule has 0 saturated heterocycles. The average Bonchev–Trinajstić information content (AvgIpc) is 0.811. The van der Waals surface area contributed by atoms with Crippen LogP contribution in [-0.2, 0) is 21.9 Å². The van der Waals surface area contributed by atoms with E-state index < -0.39 is 0 Å². The van der Waals surface area contributed by atoms with Gasteiger partial charge in [0.2, 0.25) is 0 Å². The van der Waals surface area contributed by atoms with E-state index in [1.165, 1.54) is 6.92 Å². The van der Waals surface area contributed by atoms with Crippen molar-refractivity contribution in [1.29, 1.82) is 0 Å². The van der Waals surface area contributed by atoms with Crippen LogP contribution in [0.2, 0.25) is 0 Å². The maximum atomic E-state index is 9.33. The normalized spacial score (nSPS) is 5.00. The maximum absolute atomic E-state index is 9.33. The third kappa shape index (κ3) is 4870. The van der Waals surface area contributed by atoms with E-state index in [0.717, 1.165) is 0 Å². The fraction of sp³-hybridized carbons (Fsp3) is 0.333. The number of hydrogen-bond acceptors (Lipinski definition) is 1. The van der Waals surface area contributed by atoms with E-state index in [1.807, 2.05) is 0 Å². The van der Waals surface area contributed by atoms with Gasteiger partial charge in [-0.2, -0.15) is 0 Å². The van der Waals surface area contributed by atoms with Crippen molar-refractivity contribution in [3.63, 3.8) is 0 Å². The minimum Gasteiger partial charge on any atom is -0.340 e. The molecule has 0 amide bonds. The maximum Gasteiger partial charge on any atom is 1.00 e. The Kier molecular flexibility index (Phi) is 7.23. The van der Waals surface area contributed by atoms with E-state index in [4.69, 9.17) is 0 Å². The SMILES string of the molecule is [CH2-]C(C)=O.[Cu+]. The zero-order chi connectivity index (χ0) is 3.58. The Labute approximate surface area is 42.2 Å². The van der Waals surface area contributed by atoms with E-state index in [9.17, 15) is 4.79 Å². The van der Waals surface area contributed by atoms with Gasteiger partial charge in [0.25, 0.3) is 0 Å². The molecule has 1 nitrogen and oxygen atoms in total. The monoisotopic (exact) mass is 120 g/mol. The number of ketones is 1. The number of rotatable bonds is 0. The standard InChI is InChI=1S/C3H5O.Cu/c1-3(2)4;/h1H2,2H3;/q-1;+1. The van der Waals surface area contributed by atoms with Gasteiger partial charge in [-0.25, -0.2) is 0 Å². The zero-order valence-electron chi connectivity index (χ0n) is 2.92. The molecule has 0 aliphatic carbocycles. The predicted molar refractivity (Wildman–Crippen MR) is 16.0 cm³/mol. The Morgan fingerprint density at radius 3 is 1.80 bits per heavy atom. The van der Waals surface area contributed by atoms with Crippen molar-refractivity contribution in [2.45, 2.75) is 6.92 Å². The van der Waals surface area contributed by atoms with Crippen LogP contribution in [0.4, 0.5) is 0 Å². The van der Waals surface area contributed by atoms with Crippen molar-refractivity contribution in [2.24, 2.45) is 0 Å². The molecule has 0 aliphatic heterocycles. The Morgan fingerprint density at radius 1 is 1.80 bits per heavy atom. The first-order valence-electron chi connectivity index (χ1n) is 1.06. The molecule has 0 heterocycles. The predicted octanol–water partition coefficient (Wildman–Crippen LogP) is 0.407. The number of hydrogen-bond donors (Lipinski definition) is 0. The van der Waals surface area contributed by atoms with E-state index in [2.05, 4.69) is 6.92 Å². The third-order valence-electron chi connectivity index (χ3n) is 0. The first kappa shape index (κ1) is 8.91. The summed E-state index contributed by atoms with van der Waals surface area (Å²) in [7, 11) is 0. The molecular formula is C3H5CuO. The van der Waals surface area contributed by atoms with Crippen molar-refractivity contribution in [3.05, 3.63) is 6.92 Å². The van der Waals surface area contributed by atoms with Crippen molar-refractivity contribution < 1.29 is 21.9 Å². The summed E-state index contributed by atoms with van der Waals surface area (Å²) in [6.07, 6.45) is 0. The van der Waals surface area contributed by atoms with Gasteiger partial charge in [0.1, 0.15) is 0 Å². The Hall–Kier alpha value is 0.0595. The molecule has 0 rings (SSSR count). The van der Waals surface area contributed by atoms with Crippen LogP contribution in [-0.4, -0.2) is 5.78 Å². The van der Waals surface area contributed by atoms with Gasteiger partial charge in [-0.1, -0.05) is 0 Å². The van der Waals surface area contributed by atoms with Crippen LogP contribution in [0.1, 0.15) is 6.92 Å². The van der Waals surface area contributed by atoms with Gasteiger partial charge in [0.05, 0.1) is 0 Å². The number of Topliss-reactive ketones (excluding diaryl/α,β-unsaturated/α-hetero) is 1. The van der Waals surface area contributed by atoms with E-state index in [-0.39, 0.29) is 22.9 Å². The molecule has 0 aromatic rings. The molecule has 0 aromatic heterocycles. The number of carbonyl (C=O) groups is 1. The second-order valence-electron chi connectivity index (χ2n) is 0.702. The van der Waals surface area contributed by atoms with Crippen molar-refractivity contribution in [2.75, 3.05) is 0 Å². The first-order valence-corrected chi connectivity index (χ1v) is 1.06. The molecule has 0 spiro atoms. The van der Waals surface area contributed by atoms with Gasteiger partial charge in [-0.3, -0.25) is 0 Å². The first-order chi connectivity index (χ1) is 1.73. The minimum absolute atomic E-state index is 0. The molecule has 0 radical (unpaired) electrons. The van der Waals surface area contributed by atoms with Crippen LogP contribution in [0.15, 0.2) is 0 Å². The van der Waals surface area contributed by atoms with Crippen LogP contribution in [0.25, 0.3) is 0 Å². The van der Waals surface area contributed by atoms with Gasteiger partial charge in [0.15, 0.2) is 0 Å². The molecule has 0 atom stereocenters. The summed E-state index contributed by atoms with van der Waals surface area (Å²) < 4.78 is 0. The van der Waals surface area contributed by atoms with Crippen molar-refractivity contribution in [1.82, 2.24) is 0 Å². The van der Waals surface area contributed by atoms with Crippen LogP contribution in [0.5, 0.6) is 0 Å². The van der Waals surface area contributed by atoms with Gasteiger partial charge in [-0.05, 0) is 12.7 Å². The fourth-order valence-corrected chi connectivity index (χ4v) is 0. The molecule has 2 heteroatoms. The molecule has 0 saturated carbocycles. The zero-order valence-corrected chi connectivity index (χ0v) is 3.86. The third-order valence-corrected chi connectivity index (χ3v) is 0. The molecule has 5 heavy (non-hydrogen) atoms. The Morgan fingerprint density at radius 2 is 1.80 bits per heavy atom. The summed E-state index contributed by atoms with van der Waals surface area (Å²) in [6.45, 7) is 4.42. The molecule has 0 N–H and O–H groups in total. The van der Waals surface area contributed by atoms with Gasteiger partial charge >= 0.3 is 17.1 Å². The van der Waals surface area contributed by atoms with Gasteiger partial charge in [0, 0.05) is 0 Å². The fourth-order valence-electron chi connectivity index (χ4n) is 0. The molecule has 0 fully saturated rings. The Bertz CT molecular complexity index is 29.9. The summed E-state index contributed by atoms with van der Waals surface area (Å²) in [5.41, 5.74) is 0. The largest absolute Gasteiger partial charge is 1.00 e. The van der Waals surface area contributed by atoms with Crippen LogP contribution >= 0.6 is 0 Å². The van der Waals surface area contributed by atoms with Gasteiger partial charge in [-0.15, -0.1) is 0 Å². The summed E-state index contributed by atoms with van der Waals surface area (Å²) in [5, 5.41) is 0. The molecular weight excluding hydrogens is 116 g/mol. The smallest absolute Gasteiger partial charge is 0.340 e.